The molecular formula is C14H11ClN4O2. The predicted molar refractivity (Wildman–Crippen MR) is 76.6 cm³/mol. The number of carbonyl (C=O) groups is 1. The molecule has 7 heteroatoms. The lowest BCUT2D eigenvalue weighted by atomic mass is 10.2. The van der Waals surface area contributed by atoms with E-state index in [0.717, 1.165) is 5.69 Å². The van der Waals surface area contributed by atoms with Gasteiger partial charge in [0.2, 0.25) is 0 Å². The van der Waals surface area contributed by atoms with Crippen molar-refractivity contribution in [1.29, 1.82) is 0 Å². The van der Waals surface area contributed by atoms with E-state index in [4.69, 9.17) is 16.7 Å². The zero-order chi connectivity index (χ0) is 14.8. The summed E-state index contributed by atoms with van der Waals surface area (Å²) in [6, 6.07) is 7.08. The second-order valence-corrected chi connectivity index (χ2v) is 4.92. The molecule has 0 saturated carbocycles. The molecule has 0 atom stereocenters. The Labute approximate surface area is 125 Å². The van der Waals surface area contributed by atoms with Gasteiger partial charge in [-0.1, -0.05) is 17.7 Å². The average Bonchev–Trinajstić information content (AvgIpc) is 2.90. The number of nitrogens with zero attached hydrogens (tertiary/aromatic N) is 4. The van der Waals surface area contributed by atoms with Gasteiger partial charge in [0.15, 0.2) is 5.65 Å². The average molecular weight is 303 g/mol. The maximum Gasteiger partial charge on any atom is 0.337 e. The number of aromatic nitrogens is 4. The Balaban J connectivity index is 1.94. The van der Waals surface area contributed by atoms with Crippen molar-refractivity contribution in [2.75, 3.05) is 0 Å². The second-order valence-electron chi connectivity index (χ2n) is 4.51. The molecule has 1 N–H and O–H groups in total. The molecule has 0 aliphatic heterocycles. The topological polar surface area (TPSA) is 80.4 Å². The van der Waals surface area contributed by atoms with Crippen LogP contribution in [0.3, 0.4) is 0 Å². The van der Waals surface area contributed by atoms with Crippen LogP contribution >= 0.6 is 11.6 Å². The fraction of sp³-hybridized carbons (Fsp3) is 0.143. The fourth-order valence-electron chi connectivity index (χ4n) is 2.07. The van der Waals surface area contributed by atoms with Gasteiger partial charge in [-0.25, -0.2) is 4.79 Å². The molecule has 3 aromatic heterocycles. The fourth-order valence-corrected chi connectivity index (χ4v) is 2.32. The van der Waals surface area contributed by atoms with Gasteiger partial charge in [0.05, 0.1) is 10.6 Å². The number of carboxylic acids is 1. The highest BCUT2D eigenvalue weighted by Crippen LogP contribution is 2.19. The van der Waals surface area contributed by atoms with Crippen molar-refractivity contribution in [2.24, 2.45) is 0 Å². The summed E-state index contributed by atoms with van der Waals surface area (Å²) in [7, 11) is 0. The Hall–Kier alpha value is -2.47. The zero-order valence-corrected chi connectivity index (χ0v) is 11.7. The first-order valence-corrected chi connectivity index (χ1v) is 6.69. The van der Waals surface area contributed by atoms with E-state index < -0.39 is 5.97 Å². The van der Waals surface area contributed by atoms with Crippen LogP contribution in [0.25, 0.3) is 5.65 Å². The number of rotatable bonds is 4. The van der Waals surface area contributed by atoms with Gasteiger partial charge in [0.1, 0.15) is 5.82 Å². The van der Waals surface area contributed by atoms with E-state index in [-0.39, 0.29) is 10.6 Å². The summed E-state index contributed by atoms with van der Waals surface area (Å²) in [6.45, 7) is 0. The Kier molecular flexibility index (Phi) is 3.53. The Morgan fingerprint density at radius 3 is 2.86 bits per heavy atom. The second kappa shape index (κ2) is 5.49. The van der Waals surface area contributed by atoms with Crippen LogP contribution in [0.5, 0.6) is 0 Å². The van der Waals surface area contributed by atoms with Gasteiger partial charge < -0.3 is 5.11 Å². The van der Waals surface area contributed by atoms with Crippen LogP contribution in [0.4, 0.5) is 0 Å². The maximum atomic E-state index is 11.1. The smallest absolute Gasteiger partial charge is 0.337 e. The molecule has 0 aromatic carbocycles. The Morgan fingerprint density at radius 1 is 1.29 bits per heavy atom. The van der Waals surface area contributed by atoms with Crippen molar-refractivity contribution >= 4 is 23.2 Å². The minimum atomic E-state index is -1.04. The molecule has 0 bridgehead atoms. The third-order valence-electron chi connectivity index (χ3n) is 3.11. The molecule has 0 aliphatic rings. The van der Waals surface area contributed by atoms with Crippen LogP contribution in [0.15, 0.2) is 36.7 Å². The monoisotopic (exact) mass is 302 g/mol. The van der Waals surface area contributed by atoms with Gasteiger partial charge in [-0.05, 0) is 24.6 Å². The number of fused-ring (bicyclic) bond motifs is 1. The minimum absolute atomic E-state index is 0.103. The van der Waals surface area contributed by atoms with E-state index in [9.17, 15) is 4.79 Å². The molecule has 0 aliphatic carbocycles. The summed E-state index contributed by atoms with van der Waals surface area (Å²) in [5.74, 6) is -0.385. The van der Waals surface area contributed by atoms with Crippen molar-refractivity contribution in [1.82, 2.24) is 19.6 Å². The zero-order valence-electron chi connectivity index (χ0n) is 10.9. The molecule has 106 valence electrons. The first-order chi connectivity index (χ1) is 10.1. The van der Waals surface area contributed by atoms with Gasteiger partial charge in [-0.15, -0.1) is 10.2 Å². The van der Waals surface area contributed by atoms with Crippen LogP contribution in [-0.2, 0) is 12.8 Å². The molecule has 6 nitrogen and oxygen atoms in total. The van der Waals surface area contributed by atoms with Gasteiger partial charge in [-0.3, -0.25) is 9.38 Å². The molecule has 3 heterocycles. The summed E-state index contributed by atoms with van der Waals surface area (Å²) < 4.78 is 1.62. The number of halogens is 1. The molecule has 0 fully saturated rings. The molecule has 0 spiro atoms. The molecular weight excluding hydrogens is 292 g/mol. The van der Waals surface area contributed by atoms with E-state index in [1.807, 2.05) is 18.2 Å². The summed E-state index contributed by atoms with van der Waals surface area (Å²) in [5.41, 5.74) is 1.50. The number of pyridine rings is 2. The lowest BCUT2D eigenvalue weighted by molar-refractivity contribution is 0.0696. The molecule has 0 saturated heterocycles. The lowest BCUT2D eigenvalue weighted by Gasteiger charge is -2.03. The third kappa shape index (κ3) is 2.71. The van der Waals surface area contributed by atoms with Crippen LogP contribution in [0.1, 0.15) is 21.9 Å². The highest BCUT2D eigenvalue weighted by atomic mass is 35.5. The molecule has 3 rings (SSSR count). The standard InChI is InChI=1S/C14H11ClN4O2/c15-11-7-9(14(20)21)8-19-12(17-18-13(11)19)5-4-10-3-1-2-6-16-10/h1-3,6-8H,4-5H2,(H,20,21). The van der Waals surface area contributed by atoms with Crippen molar-refractivity contribution in [2.45, 2.75) is 12.8 Å². The lowest BCUT2D eigenvalue weighted by Crippen LogP contribution is -2.03. The highest BCUT2D eigenvalue weighted by molar-refractivity contribution is 6.33. The van der Waals surface area contributed by atoms with Crippen LogP contribution in [-0.4, -0.2) is 30.7 Å². The number of carboxylic acid groups (broad SMARTS) is 1. The number of aryl methyl sites for hydroxylation is 2. The molecule has 21 heavy (non-hydrogen) atoms. The summed E-state index contributed by atoms with van der Waals surface area (Å²) >= 11 is 6.04. The van der Waals surface area contributed by atoms with E-state index in [1.165, 1.54) is 12.3 Å². The number of hydrogen-bond donors (Lipinski definition) is 1. The van der Waals surface area contributed by atoms with Crippen molar-refractivity contribution in [3.63, 3.8) is 0 Å². The van der Waals surface area contributed by atoms with Gasteiger partial charge in [0, 0.05) is 24.5 Å². The van der Waals surface area contributed by atoms with E-state index in [1.54, 1.807) is 10.6 Å². The summed E-state index contributed by atoms with van der Waals surface area (Å²) in [4.78, 5) is 15.3. The first-order valence-electron chi connectivity index (χ1n) is 6.31. The molecule has 0 radical (unpaired) electrons. The van der Waals surface area contributed by atoms with Crippen LogP contribution in [0, 0.1) is 0 Å². The third-order valence-corrected chi connectivity index (χ3v) is 3.39. The largest absolute Gasteiger partial charge is 0.478 e. The Bertz CT molecular complexity index is 801. The van der Waals surface area contributed by atoms with E-state index >= 15 is 0 Å². The molecule has 3 aromatic rings. The minimum Gasteiger partial charge on any atom is -0.478 e. The van der Waals surface area contributed by atoms with E-state index in [2.05, 4.69) is 15.2 Å². The maximum absolute atomic E-state index is 11.1. The predicted octanol–water partition coefficient (Wildman–Crippen LogP) is 2.26. The summed E-state index contributed by atoms with van der Waals surface area (Å²) in [5, 5.41) is 17.4. The molecule has 0 amide bonds. The van der Waals surface area contributed by atoms with Crippen molar-refractivity contribution in [3.8, 4) is 0 Å². The quantitative estimate of drug-likeness (QED) is 0.799. The Morgan fingerprint density at radius 2 is 2.14 bits per heavy atom. The number of aromatic carboxylic acids is 1. The highest BCUT2D eigenvalue weighted by Gasteiger charge is 2.13. The normalized spacial score (nSPS) is 10.9. The van der Waals surface area contributed by atoms with Gasteiger partial charge in [0.25, 0.3) is 0 Å². The van der Waals surface area contributed by atoms with Crippen molar-refractivity contribution < 1.29 is 9.90 Å². The van der Waals surface area contributed by atoms with Crippen LogP contribution < -0.4 is 0 Å². The summed E-state index contributed by atoms with van der Waals surface area (Å²) in [6.07, 6.45) is 4.50. The van der Waals surface area contributed by atoms with Crippen LogP contribution in [0.2, 0.25) is 5.02 Å². The first kappa shape index (κ1) is 13.5. The van der Waals surface area contributed by atoms with E-state index in [0.29, 0.717) is 24.3 Å². The van der Waals surface area contributed by atoms with Gasteiger partial charge >= 0.3 is 5.97 Å². The van der Waals surface area contributed by atoms with Gasteiger partial charge in [-0.2, -0.15) is 0 Å². The molecule has 0 unspecified atom stereocenters. The van der Waals surface area contributed by atoms with Crippen molar-refractivity contribution in [3.05, 3.63) is 58.8 Å². The number of hydrogen-bond acceptors (Lipinski definition) is 4. The SMILES string of the molecule is O=C(O)c1cc(Cl)c2nnc(CCc3ccccn3)n2c1.